The number of halogens is 4. The summed E-state index contributed by atoms with van der Waals surface area (Å²) >= 11 is 4.08. The van der Waals surface area contributed by atoms with E-state index in [1.54, 1.807) is 0 Å². The molecule has 1 aromatic rings. The number of rotatable bonds is 1. The van der Waals surface area contributed by atoms with Crippen LogP contribution in [0.15, 0.2) is 24.3 Å². The molecule has 14 heavy (non-hydrogen) atoms. The van der Waals surface area contributed by atoms with Crippen molar-refractivity contribution >= 4 is 22.9 Å². The fourth-order valence-electron chi connectivity index (χ4n) is 0.735. The summed E-state index contributed by atoms with van der Waals surface area (Å²) < 4.78 is 48.2. The predicted molar refractivity (Wildman–Crippen MR) is 48.7 cm³/mol. The van der Waals surface area contributed by atoms with Gasteiger partial charge in [-0.05, 0) is 24.3 Å². The van der Waals surface area contributed by atoms with Crippen LogP contribution >= 0.6 is 12.2 Å². The van der Waals surface area contributed by atoms with E-state index in [1.165, 1.54) is 12.1 Å². The van der Waals surface area contributed by atoms with Gasteiger partial charge < -0.3 is 5.32 Å². The molecule has 0 saturated heterocycles. The first-order valence-electron chi connectivity index (χ1n) is 3.53. The van der Waals surface area contributed by atoms with Gasteiger partial charge >= 0.3 is 6.18 Å². The number of nitrogens with one attached hydrogen (secondary N) is 1. The number of hydrogen-bond acceptors (Lipinski definition) is 1. The van der Waals surface area contributed by atoms with Crippen LogP contribution in [0.1, 0.15) is 0 Å². The van der Waals surface area contributed by atoms with Crippen molar-refractivity contribution in [3.8, 4) is 0 Å². The van der Waals surface area contributed by atoms with Crippen LogP contribution in [0, 0.1) is 5.82 Å². The maximum absolute atomic E-state index is 12.4. The summed E-state index contributed by atoms with van der Waals surface area (Å²) in [6.07, 6.45) is -4.57. The zero-order valence-corrected chi connectivity index (χ0v) is 7.55. The van der Waals surface area contributed by atoms with Gasteiger partial charge in [-0.15, -0.1) is 0 Å². The number of alkyl halides is 3. The van der Waals surface area contributed by atoms with E-state index in [0.717, 1.165) is 12.1 Å². The van der Waals surface area contributed by atoms with Gasteiger partial charge in [-0.1, -0.05) is 12.2 Å². The van der Waals surface area contributed by atoms with Crippen molar-refractivity contribution in [2.24, 2.45) is 0 Å². The Morgan fingerprint density at radius 2 is 1.64 bits per heavy atom. The molecule has 1 N–H and O–H groups in total. The Balaban J connectivity index is 2.71. The molecule has 0 atom stereocenters. The Kier molecular flexibility index (Phi) is 3.05. The molecule has 0 aliphatic heterocycles. The number of thiocarbonyl (C=S) groups is 1. The van der Waals surface area contributed by atoms with Gasteiger partial charge in [0.05, 0.1) is 0 Å². The van der Waals surface area contributed by atoms with Crippen molar-refractivity contribution < 1.29 is 17.6 Å². The standard InChI is InChI=1S/C8H5F4NS/c9-5-1-3-6(4-2-5)13-7(14)8(10,11)12/h1-4H,(H,13,14). The third kappa shape index (κ3) is 2.95. The lowest BCUT2D eigenvalue weighted by Crippen LogP contribution is -2.27. The van der Waals surface area contributed by atoms with Gasteiger partial charge in [0.2, 0.25) is 0 Å². The Morgan fingerprint density at radius 3 is 2.07 bits per heavy atom. The van der Waals surface area contributed by atoms with E-state index in [-0.39, 0.29) is 5.69 Å². The van der Waals surface area contributed by atoms with E-state index in [9.17, 15) is 17.6 Å². The largest absolute Gasteiger partial charge is 0.441 e. The lowest BCUT2D eigenvalue weighted by molar-refractivity contribution is -0.0562. The SMILES string of the molecule is Fc1ccc(NC(=S)C(F)(F)F)cc1. The predicted octanol–water partition coefficient (Wildman–Crippen LogP) is 3.13. The highest BCUT2D eigenvalue weighted by molar-refractivity contribution is 7.80. The van der Waals surface area contributed by atoms with Crippen LogP contribution in [0.3, 0.4) is 0 Å². The molecule has 0 bridgehead atoms. The summed E-state index contributed by atoms with van der Waals surface area (Å²) in [5, 5.41) is 1.95. The number of anilines is 1. The van der Waals surface area contributed by atoms with Crippen molar-refractivity contribution in [1.82, 2.24) is 0 Å². The van der Waals surface area contributed by atoms with Gasteiger partial charge in [0.15, 0.2) is 4.99 Å². The highest BCUT2D eigenvalue weighted by Gasteiger charge is 2.34. The van der Waals surface area contributed by atoms with E-state index in [0.29, 0.717) is 0 Å². The topological polar surface area (TPSA) is 12.0 Å². The highest BCUT2D eigenvalue weighted by atomic mass is 32.1. The number of benzene rings is 1. The van der Waals surface area contributed by atoms with Gasteiger partial charge in [0.1, 0.15) is 5.82 Å². The average molecular weight is 223 g/mol. The Morgan fingerprint density at radius 1 is 1.14 bits per heavy atom. The molecule has 0 aromatic heterocycles. The Hall–Kier alpha value is -1.17. The van der Waals surface area contributed by atoms with Crippen LogP contribution in [0.4, 0.5) is 23.2 Å². The van der Waals surface area contributed by atoms with Crippen LogP contribution < -0.4 is 5.32 Å². The van der Waals surface area contributed by atoms with Crippen molar-refractivity contribution in [2.45, 2.75) is 6.18 Å². The molecule has 1 aromatic carbocycles. The van der Waals surface area contributed by atoms with E-state index >= 15 is 0 Å². The molecule has 0 radical (unpaired) electrons. The first-order chi connectivity index (χ1) is 6.39. The highest BCUT2D eigenvalue weighted by Crippen LogP contribution is 2.19. The molecule has 0 aliphatic carbocycles. The molecule has 0 heterocycles. The van der Waals surface area contributed by atoms with Crippen molar-refractivity contribution in [3.63, 3.8) is 0 Å². The quantitative estimate of drug-likeness (QED) is 0.580. The molecule has 0 aliphatic rings. The van der Waals surface area contributed by atoms with E-state index in [2.05, 4.69) is 12.2 Å². The maximum atomic E-state index is 12.4. The van der Waals surface area contributed by atoms with Gasteiger partial charge in [0.25, 0.3) is 0 Å². The molecular weight excluding hydrogens is 218 g/mol. The lowest BCUT2D eigenvalue weighted by atomic mass is 10.3. The molecule has 0 amide bonds. The average Bonchev–Trinajstić information content (AvgIpc) is 2.07. The summed E-state index contributed by atoms with van der Waals surface area (Å²) in [5.41, 5.74) is 0.105. The molecule has 6 heteroatoms. The van der Waals surface area contributed by atoms with Crippen LogP contribution in [0.5, 0.6) is 0 Å². The van der Waals surface area contributed by atoms with Crippen molar-refractivity contribution in [2.75, 3.05) is 5.32 Å². The Bertz CT molecular complexity index is 330. The minimum absolute atomic E-state index is 0.105. The minimum atomic E-state index is -4.57. The number of hydrogen-bond donors (Lipinski definition) is 1. The summed E-state index contributed by atoms with van der Waals surface area (Å²) in [4.78, 5) is -1.25. The summed E-state index contributed by atoms with van der Waals surface area (Å²) in [6.45, 7) is 0. The first kappa shape index (κ1) is 10.9. The first-order valence-corrected chi connectivity index (χ1v) is 3.94. The second kappa shape index (κ2) is 3.91. The Labute approximate surface area is 82.7 Å². The molecule has 0 spiro atoms. The summed E-state index contributed by atoms with van der Waals surface area (Å²) in [5.74, 6) is -0.520. The van der Waals surface area contributed by atoms with E-state index < -0.39 is 17.0 Å². The second-order valence-electron chi connectivity index (χ2n) is 2.46. The zero-order chi connectivity index (χ0) is 10.8. The van der Waals surface area contributed by atoms with Crippen LogP contribution in [-0.2, 0) is 0 Å². The van der Waals surface area contributed by atoms with Crippen molar-refractivity contribution in [3.05, 3.63) is 30.1 Å². The van der Waals surface area contributed by atoms with Gasteiger partial charge in [0, 0.05) is 5.69 Å². The maximum Gasteiger partial charge on any atom is 0.441 e. The fourth-order valence-corrected chi connectivity index (χ4v) is 0.853. The normalized spacial score (nSPS) is 11.1. The van der Waals surface area contributed by atoms with E-state index in [1.807, 2.05) is 5.32 Å². The summed E-state index contributed by atoms with van der Waals surface area (Å²) in [7, 11) is 0. The van der Waals surface area contributed by atoms with Gasteiger partial charge in [-0.3, -0.25) is 0 Å². The fraction of sp³-hybridized carbons (Fsp3) is 0.125. The van der Waals surface area contributed by atoms with E-state index in [4.69, 9.17) is 0 Å². The lowest BCUT2D eigenvalue weighted by Gasteiger charge is -2.10. The molecule has 0 fully saturated rings. The minimum Gasteiger partial charge on any atom is -0.343 e. The van der Waals surface area contributed by atoms with Gasteiger partial charge in [-0.2, -0.15) is 13.2 Å². The van der Waals surface area contributed by atoms with Crippen molar-refractivity contribution in [1.29, 1.82) is 0 Å². The monoisotopic (exact) mass is 223 g/mol. The third-order valence-corrected chi connectivity index (χ3v) is 1.69. The molecular formula is C8H5F4NS. The van der Waals surface area contributed by atoms with Gasteiger partial charge in [-0.25, -0.2) is 4.39 Å². The summed E-state index contributed by atoms with van der Waals surface area (Å²) in [6, 6.07) is 4.43. The molecule has 0 unspecified atom stereocenters. The van der Waals surface area contributed by atoms with Crippen LogP contribution in [0.25, 0.3) is 0 Å². The third-order valence-electron chi connectivity index (χ3n) is 1.36. The zero-order valence-electron chi connectivity index (χ0n) is 6.73. The smallest absolute Gasteiger partial charge is 0.343 e. The molecule has 76 valence electrons. The second-order valence-corrected chi connectivity index (χ2v) is 2.87. The van der Waals surface area contributed by atoms with Crippen LogP contribution in [-0.4, -0.2) is 11.2 Å². The molecule has 0 saturated carbocycles. The molecule has 1 nitrogen and oxygen atoms in total. The molecule has 1 rings (SSSR count). The van der Waals surface area contributed by atoms with Crippen LogP contribution in [0.2, 0.25) is 0 Å².